The second-order valence-corrected chi connectivity index (χ2v) is 2.37. The fourth-order valence-corrected chi connectivity index (χ4v) is 0.972. The molecule has 0 spiro atoms. The van der Waals surface area contributed by atoms with Crippen LogP contribution in [0.1, 0.15) is 0 Å². The van der Waals surface area contributed by atoms with Crippen molar-refractivity contribution in [2.24, 2.45) is 0 Å². The van der Waals surface area contributed by atoms with Crippen molar-refractivity contribution >= 4 is 0 Å². The Balaban J connectivity index is 2.43. The van der Waals surface area contributed by atoms with E-state index in [-0.39, 0.29) is 5.82 Å². The Morgan fingerprint density at radius 3 is 2.58 bits per heavy atom. The number of imidazole rings is 1. The highest BCUT2D eigenvalue weighted by atomic mass is 19.1. The Morgan fingerprint density at radius 2 is 2.00 bits per heavy atom. The molecular formula is C9H6FN2. The third kappa shape index (κ3) is 1.21. The topological polar surface area (TPSA) is 17.8 Å². The molecule has 0 unspecified atom stereocenters. The van der Waals surface area contributed by atoms with E-state index < -0.39 is 0 Å². The Bertz CT molecular complexity index is 351. The molecule has 0 aliphatic heterocycles. The molecular weight excluding hydrogens is 155 g/mol. The van der Waals surface area contributed by atoms with Gasteiger partial charge in [0.05, 0.1) is 18.7 Å². The molecule has 1 heterocycles. The largest absolute Gasteiger partial charge is 0.297 e. The first-order valence-corrected chi connectivity index (χ1v) is 3.52. The van der Waals surface area contributed by atoms with Crippen LogP contribution < -0.4 is 0 Å². The monoisotopic (exact) mass is 161 g/mol. The molecule has 1 aromatic carbocycles. The van der Waals surface area contributed by atoms with Crippen molar-refractivity contribution in [1.82, 2.24) is 9.55 Å². The lowest BCUT2D eigenvalue weighted by Crippen LogP contribution is -1.89. The van der Waals surface area contributed by atoms with Crippen molar-refractivity contribution in [2.75, 3.05) is 0 Å². The van der Waals surface area contributed by atoms with E-state index in [0.717, 1.165) is 5.69 Å². The Morgan fingerprint density at radius 1 is 1.25 bits per heavy atom. The van der Waals surface area contributed by atoms with Gasteiger partial charge in [-0.2, -0.15) is 0 Å². The molecule has 1 aromatic heterocycles. The Hall–Kier alpha value is -1.64. The minimum absolute atomic E-state index is 0.237. The fourth-order valence-electron chi connectivity index (χ4n) is 0.972. The van der Waals surface area contributed by atoms with Crippen molar-refractivity contribution in [3.05, 3.63) is 48.8 Å². The number of hydrogen-bond donors (Lipinski definition) is 0. The van der Waals surface area contributed by atoms with E-state index in [1.165, 1.54) is 12.1 Å². The Kier molecular flexibility index (Phi) is 1.63. The van der Waals surface area contributed by atoms with Crippen molar-refractivity contribution < 1.29 is 4.39 Å². The lowest BCUT2D eigenvalue weighted by molar-refractivity contribution is 0.627. The number of halogens is 1. The van der Waals surface area contributed by atoms with Crippen molar-refractivity contribution in [3.63, 3.8) is 0 Å². The number of rotatable bonds is 1. The number of benzene rings is 1. The van der Waals surface area contributed by atoms with Gasteiger partial charge in [-0.3, -0.25) is 4.57 Å². The van der Waals surface area contributed by atoms with Crippen molar-refractivity contribution in [1.29, 1.82) is 0 Å². The number of nitrogens with zero attached hydrogens (tertiary/aromatic N) is 2. The molecule has 0 saturated heterocycles. The van der Waals surface area contributed by atoms with E-state index in [4.69, 9.17) is 0 Å². The minimum atomic E-state index is -0.237. The number of hydrogen-bond acceptors (Lipinski definition) is 1. The van der Waals surface area contributed by atoms with Crippen LogP contribution in [0.4, 0.5) is 4.39 Å². The van der Waals surface area contributed by atoms with Crippen molar-refractivity contribution in [2.45, 2.75) is 0 Å². The maximum atomic E-state index is 12.5. The molecule has 12 heavy (non-hydrogen) atoms. The van der Waals surface area contributed by atoms with Gasteiger partial charge in [0.15, 0.2) is 0 Å². The molecule has 59 valence electrons. The normalized spacial score (nSPS) is 10.1. The summed E-state index contributed by atoms with van der Waals surface area (Å²) in [7, 11) is 0. The zero-order valence-electron chi connectivity index (χ0n) is 6.24. The lowest BCUT2D eigenvalue weighted by Gasteiger charge is -1.98. The van der Waals surface area contributed by atoms with Crippen LogP contribution in [-0.4, -0.2) is 9.55 Å². The third-order valence-electron chi connectivity index (χ3n) is 1.56. The summed E-state index contributed by atoms with van der Waals surface area (Å²) in [6.07, 6.45) is 6.03. The summed E-state index contributed by atoms with van der Waals surface area (Å²) in [5.74, 6) is -0.237. The van der Waals surface area contributed by atoms with Crippen LogP contribution in [-0.2, 0) is 0 Å². The molecule has 2 rings (SSSR count). The third-order valence-corrected chi connectivity index (χ3v) is 1.56. The second-order valence-electron chi connectivity index (χ2n) is 2.37. The molecule has 2 nitrogen and oxygen atoms in total. The van der Waals surface area contributed by atoms with Gasteiger partial charge in [0.1, 0.15) is 5.82 Å². The predicted molar refractivity (Wildman–Crippen MR) is 42.4 cm³/mol. The van der Waals surface area contributed by atoms with Crippen LogP contribution in [0.2, 0.25) is 0 Å². The zero-order chi connectivity index (χ0) is 8.39. The SMILES string of the molecule is Fc1ccc(-n2[c]cnc2)cc1. The first kappa shape index (κ1) is 7.03. The summed E-state index contributed by atoms with van der Waals surface area (Å²) >= 11 is 0. The van der Waals surface area contributed by atoms with Crippen LogP contribution in [0.5, 0.6) is 0 Å². The van der Waals surface area contributed by atoms with Gasteiger partial charge in [0.2, 0.25) is 0 Å². The van der Waals surface area contributed by atoms with E-state index in [1.54, 1.807) is 29.2 Å². The van der Waals surface area contributed by atoms with E-state index in [2.05, 4.69) is 11.2 Å². The summed E-state index contributed by atoms with van der Waals surface area (Å²) in [4.78, 5) is 3.83. The maximum absolute atomic E-state index is 12.5. The van der Waals surface area contributed by atoms with Gasteiger partial charge in [-0.15, -0.1) is 0 Å². The molecule has 0 aliphatic carbocycles. The summed E-state index contributed by atoms with van der Waals surface area (Å²) in [6.45, 7) is 0. The van der Waals surface area contributed by atoms with E-state index >= 15 is 0 Å². The number of aromatic nitrogens is 2. The average molecular weight is 161 g/mol. The van der Waals surface area contributed by atoms with Crippen LogP contribution in [0.25, 0.3) is 5.69 Å². The van der Waals surface area contributed by atoms with Gasteiger partial charge >= 0.3 is 0 Å². The van der Waals surface area contributed by atoms with Gasteiger partial charge in [0, 0.05) is 5.69 Å². The van der Waals surface area contributed by atoms with E-state index in [1.807, 2.05) is 0 Å². The second kappa shape index (κ2) is 2.77. The summed E-state index contributed by atoms with van der Waals surface area (Å²) in [6, 6.07) is 6.16. The highest BCUT2D eigenvalue weighted by molar-refractivity contribution is 5.30. The molecule has 0 bridgehead atoms. The van der Waals surface area contributed by atoms with Gasteiger partial charge in [-0.25, -0.2) is 9.37 Å². The highest BCUT2D eigenvalue weighted by Gasteiger charge is 1.94. The van der Waals surface area contributed by atoms with Crippen molar-refractivity contribution in [3.8, 4) is 5.69 Å². The molecule has 2 aromatic rings. The van der Waals surface area contributed by atoms with E-state index in [0.29, 0.717) is 0 Å². The fraction of sp³-hybridized carbons (Fsp3) is 0. The van der Waals surface area contributed by atoms with Gasteiger partial charge in [0.25, 0.3) is 0 Å². The smallest absolute Gasteiger partial charge is 0.123 e. The van der Waals surface area contributed by atoms with E-state index in [9.17, 15) is 4.39 Å². The predicted octanol–water partition coefficient (Wildman–Crippen LogP) is 1.81. The Labute approximate surface area is 69.3 Å². The summed E-state index contributed by atoms with van der Waals surface area (Å²) in [5.41, 5.74) is 0.855. The maximum Gasteiger partial charge on any atom is 0.123 e. The molecule has 0 amide bonds. The minimum Gasteiger partial charge on any atom is -0.297 e. The lowest BCUT2D eigenvalue weighted by atomic mass is 10.3. The molecule has 3 heteroatoms. The summed E-state index contributed by atoms with van der Waals surface area (Å²) in [5, 5.41) is 0. The van der Waals surface area contributed by atoms with Gasteiger partial charge in [-0.1, -0.05) is 0 Å². The quantitative estimate of drug-likeness (QED) is 0.623. The molecule has 1 radical (unpaired) electrons. The van der Waals surface area contributed by atoms with Crippen LogP contribution in [0.3, 0.4) is 0 Å². The summed E-state index contributed by atoms with van der Waals surface area (Å²) < 4.78 is 14.2. The zero-order valence-corrected chi connectivity index (χ0v) is 6.24. The molecule has 0 aliphatic rings. The highest BCUT2D eigenvalue weighted by Crippen LogP contribution is 2.06. The first-order valence-electron chi connectivity index (χ1n) is 3.52. The van der Waals surface area contributed by atoms with Crippen LogP contribution >= 0.6 is 0 Å². The molecule has 0 fully saturated rings. The van der Waals surface area contributed by atoms with Gasteiger partial charge < -0.3 is 0 Å². The van der Waals surface area contributed by atoms with Gasteiger partial charge in [-0.05, 0) is 24.3 Å². The average Bonchev–Trinajstić information content (AvgIpc) is 2.58. The van der Waals surface area contributed by atoms with Crippen LogP contribution in [0, 0.1) is 12.0 Å². The molecule has 0 atom stereocenters. The molecule has 0 N–H and O–H groups in total. The van der Waals surface area contributed by atoms with Crippen LogP contribution in [0.15, 0.2) is 36.8 Å². The molecule has 0 saturated carbocycles. The standard InChI is InChI=1S/C9H6FN2/c10-8-1-3-9(4-2-8)12-6-5-11-7-12/h1-5,7H. The first-order chi connectivity index (χ1) is 5.86.